The van der Waals surface area contributed by atoms with Crippen molar-refractivity contribution in [3.63, 3.8) is 0 Å². The van der Waals surface area contributed by atoms with Gasteiger partial charge < -0.3 is 9.72 Å². The maximum atomic E-state index is 12.6. The summed E-state index contributed by atoms with van der Waals surface area (Å²) in [5.74, 6) is -0.362. The van der Waals surface area contributed by atoms with Crippen LogP contribution < -0.4 is 5.56 Å². The minimum absolute atomic E-state index is 0.0239. The molecule has 0 radical (unpaired) electrons. The number of hydrogen-bond donors (Lipinski definition) is 1. The number of benzene rings is 1. The van der Waals surface area contributed by atoms with E-state index in [1.54, 1.807) is 0 Å². The molecule has 0 aliphatic heterocycles. The van der Waals surface area contributed by atoms with E-state index in [1.807, 2.05) is 0 Å². The molecular weight excluding hydrogens is 289 g/mol. The predicted octanol–water partition coefficient (Wildman–Crippen LogP) is 2.05. The average molecular weight is 300 g/mol. The van der Waals surface area contributed by atoms with Gasteiger partial charge in [-0.05, 0) is 18.2 Å². The van der Waals surface area contributed by atoms with E-state index < -0.39 is 23.3 Å². The molecule has 2 rings (SSSR count). The summed E-state index contributed by atoms with van der Waals surface area (Å²) >= 11 is 0. The maximum Gasteiger partial charge on any atom is 0.416 e. The van der Waals surface area contributed by atoms with E-state index in [4.69, 9.17) is 0 Å². The highest BCUT2D eigenvalue weighted by atomic mass is 19.4. The van der Waals surface area contributed by atoms with Gasteiger partial charge in [-0.25, -0.2) is 4.98 Å². The van der Waals surface area contributed by atoms with Crippen LogP contribution in [-0.4, -0.2) is 23.0 Å². The van der Waals surface area contributed by atoms with Gasteiger partial charge in [0, 0.05) is 6.42 Å². The minimum atomic E-state index is -4.51. The molecule has 0 saturated heterocycles. The van der Waals surface area contributed by atoms with Gasteiger partial charge in [-0.2, -0.15) is 13.2 Å². The van der Waals surface area contributed by atoms with Crippen molar-refractivity contribution in [1.82, 2.24) is 9.97 Å². The molecule has 0 atom stereocenters. The normalized spacial score (nSPS) is 11.6. The Hall–Kier alpha value is -2.38. The van der Waals surface area contributed by atoms with Crippen LogP contribution in [0.15, 0.2) is 23.0 Å². The number of carbonyl (C=O) groups is 1. The Morgan fingerprint density at radius 1 is 1.38 bits per heavy atom. The Kier molecular flexibility index (Phi) is 3.97. The molecule has 1 aromatic heterocycles. The van der Waals surface area contributed by atoms with E-state index in [9.17, 15) is 22.8 Å². The number of nitrogens with zero attached hydrogens (tertiary/aromatic N) is 1. The highest BCUT2D eigenvalue weighted by Crippen LogP contribution is 2.30. The molecule has 0 unspecified atom stereocenters. The van der Waals surface area contributed by atoms with Gasteiger partial charge in [0.25, 0.3) is 5.56 Å². The van der Waals surface area contributed by atoms with Crippen molar-refractivity contribution >= 4 is 16.9 Å². The van der Waals surface area contributed by atoms with Gasteiger partial charge >= 0.3 is 12.1 Å². The average Bonchev–Trinajstić information content (AvgIpc) is 2.43. The fraction of sp³-hybridized carbons (Fsp3) is 0.308. The van der Waals surface area contributed by atoms with E-state index >= 15 is 0 Å². The summed E-state index contributed by atoms with van der Waals surface area (Å²) in [5, 5.41) is 0.0600. The Bertz CT molecular complexity index is 737. The molecule has 21 heavy (non-hydrogen) atoms. The second-order valence-electron chi connectivity index (χ2n) is 4.32. The minimum Gasteiger partial charge on any atom is -0.469 e. The number of fused-ring (bicyclic) bond motifs is 1. The molecule has 1 N–H and O–H groups in total. The number of methoxy groups -OCH3 is 1. The van der Waals surface area contributed by atoms with Crippen molar-refractivity contribution in [1.29, 1.82) is 0 Å². The lowest BCUT2D eigenvalue weighted by Gasteiger charge is -2.08. The van der Waals surface area contributed by atoms with Crippen molar-refractivity contribution in [3.8, 4) is 0 Å². The first-order chi connectivity index (χ1) is 9.81. The molecule has 0 fully saturated rings. The van der Waals surface area contributed by atoms with Crippen LogP contribution >= 0.6 is 0 Å². The van der Waals surface area contributed by atoms with Crippen LogP contribution in [0.3, 0.4) is 0 Å². The number of rotatable bonds is 3. The van der Waals surface area contributed by atoms with Crippen LogP contribution in [0.25, 0.3) is 10.9 Å². The molecule has 0 aliphatic carbocycles. The highest BCUT2D eigenvalue weighted by molar-refractivity contribution is 5.78. The van der Waals surface area contributed by atoms with Gasteiger partial charge in [0.1, 0.15) is 5.82 Å². The summed E-state index contributed by atoms with van der Waals surface area (Å²) in [6, 6.07) is 2.72. The number of carbonyl (C=O) groups excluding carboxylic acids is 1. The summed E-state index contributed by atoms with van der Waals surface area (Å²) in [6.45, 7) is 0. The molecule has 0 amide bonds. The number of aromatic nitrogens is 2. The van der Waals surface area contributed by atoms with Crippen molar-refractivity contribution in [2.75, 3.05) is 7.11 Å². The zero-order valence-corrected chi connectivity index (χ0v) is 11.0. The van der Waals surface area contributed by atoms with E-state index in [0.29, 0.717) is 0 Å². The Labute approximate surface area is 116 Å². The summed E-state index contributed by atoms with van der Waals surface area (Å²) in [7, 11) is 1.22. The van der Waals surface area contributed by atoms with Crippen LogP contribution in [0.2, 0.25) is 0 Å². The fourth-order valence-electron chi connectivity index (χ4n) is 1.81. The molecule has 112 valence electrons. The van der Waals surface area contributed by atoms with Gasteiger partial charge in [0.2, 0.25) is 0 Å². The summed E-state index contributed by atoms with van der Waals surface area (Å²) in [5.41, 5.74) is -1.49. The van der Waals surface area contributed by atoms with Crippen LogP contribution in [0, 0.1) is 0 Å². The number of esters is 1. The van der Waals surface area contributed by atoms with Gasteiger partial charge in [0.05, 0.1) is 30.0 Å². The van der Waals surface area contributed by atoms with E-state index in [2.05, 4.69) is 14.7 Å². The first-order valence-electron chi connectivity index (χ1n) is 5.98. The van der Waals surface area contributed by atoms with E-state index in [0.717, 1.165) is 18.2 Å². The zero-order valence-electron chi connectivity index (χ0n) is 11.0. The van der Waals surface area contributed by atoms with Gasteiger partial charge in [0.15, 0.2) is 0 Å². The molecule has 2 aromatic rings. The molecule has 1 aromatic carbocycles. The summed E-state index contributed by atoms with van der Waals surface area (Å²) in [4.78, 5) is 29.2. The Morgan fingerprint density at radius 2 is 2.10 bits per heavy atom. The van der Waals surface area contributed by atoms with Crippen molar-refractivity contribution in [3.05, 3.63) is 39.9 Å². The lowest BCUT2D eigenvalue weighted by atomic mass is 10.1. The largest absolute Gasteiger partial charge is 0.469 e. The SMILES string of the molecule is COC(=O)CCc1nc2cc(C(F)(F)F)ccc2c(=O)[nH]1. The lowest BCUT2D eigenvalue weighted by Crippen LogP contribution is -2.14. The topological polar surface area (TPSA) is 72.0 Å². The van der Waals surface area contributed by atoms with Gasteiger partial charge in [-0.15, -0.1) is 0 Å². The molecule has 0 bridgehead atoms. The Balaban J connectivity index is 2.42. The van der Waals surface area contributed by atoms with Crippen molar-refractivity contribution < 1.29 is 22.7 Å². The number of aromatic amines is 1. The van der Waals surface area contributed by atoms with Crippen LogP contribution in [0.5, 0.6) is 0 Å². The summed E-state index contributed by atoms with van der Waals surface area (Å²) < 4.78 is 42.4. The summed E-state index contributed by atoms with van der Waals surface area (Å²) in [6.07, 6.45) is -4.46. The van der Waals surface area contributed by atoms with Crippen LogP contribution in [0.4, 0.5) is 13.2 Å². The number of halogens is 3. The van der Waals surface area contributed by atoms with Crippen LogP contribution in [-0.2, 0) is 22.1 Å². The third-order valence-electron chi connectivity index (χ3n) is 2.88. The zero-order chi connectivity index (χ0) is 15.6. The second kappa shape index (κ2) is 5.55. The molecular formula is C13H11F3N2O3. The van der Waals surface area contributed by atoms with Gasteiger partial charge in [-0.3, -0.25) is 9.59 Å². The molecule has 1 heterocycles. The maximum absolute atomic E-state index is 12.6. The smallest absolute Gasteiger partial charge is 0.416 e. The third kappa shape index (κ3) is 3.39. The number of nitrogens with one attached hydrogen (secondary N) is 1. The fourth-order valence-corrected chi connectivity index (χ4v) is 1.81. The molecule has 8 heteroatoms. The van der Waals surface area contributed by atoms with Crippen molar-refractivity contribution in [2.45, 2.75) is 19.0 Å². The molecule has 0 saturated carbocycles. The predicted molar refractivity (Wildman–Crippen MR) is 67.7 cm³/mol. The van der Waals surface area contributed by atoms with Crippen molar-refractivity contribution in [2.24, 2.45) is 0 Å². The molecule has 0 aliphatic rings. The number of aryl methyl sites for hydroxylation is 1. The quantitative estimate of drug-likeness (QED) is 0.881. The van der Waals surface area contributed by atoms with E-state index in [-0.39, 0.29) is 29.6 Å². The monoisotopic (exact) mass is 300 g/mol. The first kappa shape index (κ1) is 15.0. The molecule has 0 spiro atoms. The van der Waals surface area contributed by atoms with E-state index in [1.165, 1.54) is 7.11 Å². The number of alkyl halides is 3. The standard InChI is InChI=1S/C13H11F3N2O3/c1-21-11(19)5-4-10-17-9-6-7(13(14,15)16)2-3-8(9)12(20)18-10/h2-3,6H,4-5H2,1H3,(H,17,18,20). The Morgan fingerprint density at radius 3 is 2.71 bits per heavy atom. The van der Waals surface area contributed by atoms with Gasteiger partial charge in [-0.1, -0.05) is 0 Å². The highest BCUT2D eigenvalue weighted by Gasteiger charge is 2.30. The second-order valence-corrected chi connectivity index (χ2v) is 4.32. The number of ether oxygens (including phenoxy) is 1. The number of hydrogen-bond acceptors (Lipinski definition) is 4. The van der Waals surface area contributed by atoms with Crippen LogP contribution in [0.1, 0.15) is 17.8 Å². The number of H-pyrrole nitrogens is 1. The molecule has 5 nitrogen and oxygen atoms in total. The third-order valence-corrected chi connectivity index (χ3v) is 2.88. The lowest BCUT2D eigenvalue weighted by molar-refractivity contribution is -0.140. The first-order valence-corrected chi connectivity index (χ1v) is 5.98.